The van der Waals surface area contributed by atoms with Crippen LogP contribution in [0.25, 0.3) is 11.0 Å². The van der Waals surface area contributed by atoms with Gasteiger partial charge in [-0.15, -0.1) is 0 Å². The van der Waals surface area contributed by atoms with Gasteiger partial charge in [0.2, 0.25) is 11.6 Å². The van der Waals surface area contributed by atoms with E-state index in [2.05, 4.69) is 13.8 Å². The van der Waals surface area contributed by atoms with Crippen LogP contribution < -0.4 is 0 Å². The Morgan fingerprint density at radius 2 is 1.10 bits per heavy atom. The molecule has 0 saturated heterocycles. The molecule has 40 heavy (non-hydrogen) atoms. The van der Waals surface area contributed by atoms with Gasteiger partial charge in [-0.3, -0.25) is 9.59 Å². The lowest BCUT2D eigenvalue weighted by molar-refractivity contribution is 0.0912. The number of Topliss-reactive ketones (excluding diaryl/α,β-unsaturated/α-hetero) is 2. The van der Waals surface area contributed by atoms with Crippen molar-refractivity contribution in [1.82, 2.24) is 0 Å². The Morgan fingerprint density at radius 3 is 1.62 bits per heavy atom. The van der Waals surface area contributed by atoms with E-state index in [1.807, 2.05) is 0 Å². The smallest absolute Gasteiger partial charge is 0.232 e. The number of aliphatic hydroxyl groups excluding tert-OH is 1. The molecule has 0 fully saturated rings. The molecule has 3 N–H and O–H groups in total. The molecule has 0 saturated carbocycles. The molecule has 1 aromatic heterocycles. The standard InChI is InChI=1S/C34H50O6/c1-3-5-7-9-11-13-15-17-19-21-24-30(37)32(39)28-26-23-27(35)29(36)25(33(26)40-34(28)31(24)38)22-20-18-16-14-12-10-8-6-4-2/h23,35-37H,3-22H2,1-2H3. The SMILES string of the molecule is CCCCCCCCCCCC1=C(O)C(=O)c2c(oc3c(CCCCCCCCCCC)c(O)c(O)cc23)C1=O. The lowest BCUT2D eigenvalue weighted by atomic mass is 9.88. The molecule has 6 heteroatoms. The second-order valence-corrected chi connectivity index (χ2v) is 11.5. The molecule has 0 bridgehead atoms. The number of aryl methyl sites for hydroxylation is 1. The third-order valence-corrected chi connectivity index (χ3v) is 8.30. The average molecular weight is 555 g/mol. The Hall–Kier alpha value is -2.76. The van der Waals surface area contributed by atoms with Gasteiger partial charge in [0.15, 0.2) is 23.0 Å². The van der Waals surface area contributed by atoms with Crippen LogP contribution in [0.2, 0.25) is 0 Å². The second kappa shape index (κ2) is 16.5. The molecule has 0 spiro atoms. The van der Waals surface area contributed by atoms with Crippen LogP contribution in [0, 0.1) is 0 Å². The summed E-state index contributed by atoms with van der Waals surface area (Å²) >= 11 is 0. The predicted octanol–water partition coefficient (Wildman–Crippen LogP) is 10.0. The van der Waals surface area contributed by atoms with Crippen molar-refractivity contribution in [3.05, 3.63) is 34.3 Å². The Morgan fingerprint density at radius 1 is 0.625 bits per heavy atom. The number of phenolic OH excluding ortho intramolecular Hbond substituents is 2. The summed E-state index contributed by atoms with van der Waals surface area (Å²) in [6, 6.07) is 1.26. The first-order valence-electron chi connectivity index (χ1n) is 15.9. The second-order valence-electron chi connectivity index (χ2n) is 11.5. The van der Waals surface area contributed by atoms with E-state index in [0.29, 0.717) is 24.8 Å². The number of fused-ring (bicyclic) bond motifs is 3. The van der Waals surface area contributed by atoms with Crippen LogP contribution in [-0.4, -0.2) is 26.9 Å². The summed E-state index contributed by atoms with van der Waals surface area (Å²) in [4.78, 5) is 26.5. The molecule has 0 aliphatic heterocycles. The zero-order valence-corrected chi connectivity index (χ0v) is 24.8. The summed E-state index contributed by atoms with van der Waals surface area (Å²) in [7, 11) is 0. The number of furan rings is 1. The molecule has 0 radical (unpaired) electrons. The van der Waals surface area contributed by atoms with E-state index in [4.69, 9.17) is 4.42 Å². The molecule has 0 unspecified atom stereocenters. The van der Waals surface area contributed by atoms with Crippen LogP contribution in [0.3, 0.4) is 0 Å². The monoisotopic (exact) mass is 554 g/mol. The molecule has 3 rings (SSSR count). The van der Waals surface area contributed by atoms with Gasteiger partial charge in [-0.1, -0.05) is 117 Å². The van der Waals surface area contributed by atoms with Crippen molar-refractivity contribution < 1.29 is 29.3 Å². The normalized spacial score (nSPS) is 13.6. The number of rotatable bonds is 20. The van der Waals surface area contributed by atoms with Crippen LogP contribution in [0.15, 0.2) is 21.8 Å². The minimum atomic E-state index is -0.654. The number of phenols is 2. The van der Waals surface area contributed by atoms with Crippen LogP contribution in [-0.2, 0) is 6.42 Å². The number of hydrogen-bond donors (Lipinski definition) is 3. The quantitative estimate of drug-likeness (QED) is 0.111. The zero-order chi connectivity index (χ0) is 28.9. The van der Waals surface area contributed by atoms with Crippen molar-refractivity contribution in [3.63, 3.8) is 0 Å². The molecule has 1 heterocycles. The minimum Gasteiger partial charge on any atom is -0.504 e. The molecule has 0 atom stereocenters. The largest absolute Gasteiger partial charge is 0.504 e. The van der Waals surface area contributed by atoms with Crippen LogP contribution in [0.5, 0.6) is 11.5 Å². The fraction of sp³-hybridized carbons (Fsp3) is 0.647. The topological polar surface area (TPSA) is 108 Å². The zero-order valence-electron chi connectivity index (χ0n) is 24.8. The summed E-state index contributed by atoms with van der Waals surface area (Å²) in [6.07, 6.45) is 21.3. The average Bonchev–Trinajstić information content (AvgIpc) is 3.32. The van der Waals surface area contributed by atoms with E-state index >= 15 is 0 Å². The molecule has 1 aliphatic rings. The Kier molecular flexibility index (Phi) is 13.1. The van der Waals surface area contributed by atoms with E-state index < -0.39 is 17.3 Å². The van der Waals surface area contributed by atoms with E-state index in [0.717, 1.165) is 38.5 Å². The highest BCUT2D eigenvalue weighted by molar-refractivity contribution is 6.29. The van der Waals surface area contributed by atoms with Crippen LogP contribution in [0.1, 0.15) is 162 Å². The van der Waals surface area contributed by atoms with Gasteiger partial charge in [0.1, 0.15) is 5.58 Å². The maximum Gasteiger partial charge on any atom is 0.232 e. The number of carbonyl (C=O) groups is 2. The molecule has 0 amide bonds. The van der Waals surface area contributed by atoms with Crippen molar-refractivity contribution in [1.29, 1.82) is 0 Å². The summed E-state index contributed by atoms with van der Waals surface area (Å²) in [5.41, 5.74) is 0.747. The van der Waals surface area contributed by atoms with Crippen LogP contribution >= 0.6 is 0 Å². The Labute approximate surface area is 239 Å². The van der Waals surface area contributed by atoms with Crippen molar-refractivity contribution in [2.75, 3.05) is 0 Å². The molecule has 2 aromatic rings. The first kappa shape index (κ1) is 31.8. The number of carbonyl (C=O) groups excluding carboxylic acids is 2. The lowest BCUT2D eigenvalue weighted by Crippen LogP contribution is -2.20. The van der Waals surface area contributed by atoms with Gasteiger partial charge in [-0.2, -0.15) is 0 Å². The third kappa shape index (κ3) is 8.14. The maximum atomic E-state index is 13.3. The number of benzene rings is 1. The van der Waals surface area contributed by atoms with E-state index in [1.165, 1.54) is 76.7 Å². The van der Waals surface area contributed by atoms with Gasteiger partial charge in [-0.05, 0) is 31.7 Å². The number of allylic oxidation sites excluding steroid dienone is 2. The van der Waals surface area contributed by atoms with Crippen molar-refractivity contribution >= 4 is 22.5 Å². The highest BCUT2D eigenvalue weighted by Crippen LogP contribution is 2.43. The molecular weight excluding hydrogens is 504 g/mol. The summed E-state index contributed by atoms with van der Waals surface area (Å²) < 4.78 is 5.96. The fourth-order valence-corrected chi connectivity index (χ4v) is 5.85. The van der Waals surface area contributed by atoms with Gasteiger partial charge >= 0.3 is 0 Å². The predicted molar refractivity (Wildman–Crippen MR) is 161 cm³/mol. The fourth-order valence-electron chi connectivity index (χ4n) is 5.85. The van der Waals surface area contributed by atoms with Crippen molar-refractivity contribution in [2.45, 2.75) is 142 Å². The number of hydrogen-bond acceptors (Lipinski definition) is 6. The number of aromatic hydroxyl groups is 2. The lowest BCUT2D eigenvalue weighted by Gasteiger charge is -2.14. The van der Waals surface area contributed by atoms with Gasteiger partial charge in [-0.25, -0.2) is 0 Å². The maximum absolute atomic E-state index is 13.3. The molecule has 222 valence electrons. The summed E-state index contributed by atoms with van der Waals surface area (Å²) in [6.45, 7) is 4.42. The molecule has 1 aliphatic carbocycles. The first-order chi connectivity index (χ1) is 19.4. The Bertz CT molecular complexity index is 1160. The highest BCUT2D eigenvalue weighted by atomic mass is 16.4. The Balaban J connectivity index is 1.62. The van der Waals surface area contributed by atoms with E-state index in [-0.39, 0.29) is 39.4 Å². The van der Waals surface area contributed by atoms with E-state index in [9.17, 15) is 24.9 Å². The van der Waals surface area contributed by atoms with Gasteiger partial charge < -0.3 is 19.7 Å². The number of ketones is 2. The minimum absolute atomic E-state index is 0.0167. The van der Waals surface area contributed by atoms with Gasteiger partial charge in [0.25, 0.3) is 0 Å². The summed E-state index contributed by atoms with van der Waals surface area (Å²) in [5.74, 6) is -2.37. The van der Waals surface area contributed by atoms with Crippen molar-refractivity contribution in [2.24, 2.45) is 0 Å². The summed E-state index contributed by atoms with van der Waals surface area (Å²) in [5, 5.41) is 32.0. The molecule has 6 nitrogen and oxygen atoms in total. The molecular formula is C34H50O6. The van der Waals surface area contributed by atoms with Gasteiger partial charge in [0.05, 0.1) is 5.56 Å². The highest BCUT2D eigenvalue weighted by Gasteiger charge is 2.38. The van der Waals surface area contributed by atoms with E-state index in [1.54, 1.807) is 0 Å². The number of aliphatic hydroxyl groups is 1. The van der Waals surface area contributed by atoms with Crippen molar-refractivity contribution in [3.8, 4) is 11.5 Å². The van der Waals surface area contributed by atoms with Crippen LogP contribution in [0.4, 0.5) is 0 Å². The molecule has 1 aromatic carbocycles. The van der Waals surface area contributed by atoms with Gasteiger partial charge in [0, 0.05) is 16.5 Å². The number of unbranched alkanes of at least 4 members (excludes halogenated alkanes) is 16. The third-order valence-electron chi connectivity index (χ3n) is 8.30. The first-order valence-corrected chi connectivity index (χ1v) is 15.9.